The van der Waals surface area contributed by atoms with Crippen LogP contribution in [-0.4, -0.2) is 22.7 Å². The van der Waals surface area contributed by atoms with Gasteiger partial charge >= 0.3 is 6.09 Å². The second-order valence-corrected chi connectivity index (χ2v) is 10.6. The summed E-state index contributed by atoms with van der Waals surface area (Å²) in [5.74, 6) is 1.24. The van der Waals surface area contributed by atoms with Crippen molar-refractivity contribution < 1.29 is 13.9 Å². The summed E-state index contributed by atoms with van der Waals surface area (Å²) < 4.78 is 12.1. The number of carbonyl (C=O) groups excluding carboxylic acids is 1. The van der Waals surface area contributed by atoms with Crippen LogP contribution in [0.2, 0.25) is 5.15 Å². The molecule has 0 spiro atoms. The summed E-state index contributed by atoms with van der Waals surface area (Å²) in [7, 11) is 0. The van der Waals surface area contributed by atoms with Crippen LogP contribution in [0.1, 0.15) is 62.7 Å². The van der Waals surface area contributed by atoms with Crippen LogP contribution < -0.4 is 10.6 Å². The van der Waals surface area contributed by atoms with E-state index in [4.69, 9.17) is 26.5 Å². The van der Waals surface area contributed by atoms with E-state index in [2.05, 4.69) is 4.98 Å². The lowest BCUT2D eigenvalue weighted by Gasteiger charge is -2.27. The Hall–Kier alpha value is -2.09. The minimum Gasteiger partial charge on any atom is -0.457 e. The number of nitrogens with zero attached hydrogens (tertiary/aromatic N) is 2. The van der Waals surface area contributed by atoms with Crippen molar-refractivity contribution in [2.24, 2.45) is 5.73 Å². The summed E-state index contributed by atoms with van der Waals surface area (Å²) in [5, 5.41) is 2.30. The van der Waals surface area contributed by atoms with E-state index in [-0.39, 0.29) is 6.04 Å². The molecule has 166 valence electrons. The molecule has 3 aromatic heterocycles. The molecule has 1 amide bonds. The van der Waals surface area contributed by atoms with Crippen LogP contribution in [0.5, 0.6) is 0 Å². The number of anilines is 1. The highest BCUT2D eigenvalue weighted by atomic mass is 35.5. The van der Waals surface area contributed by atoms with Crippen molar-refractivity contribution in [3.8, 4) is 0 Å². The van der Waals surface area contributed by atoms with E-state index in [0.717, 1.165) is 34.6 Å². The lowest BCUT2D eigenvalue weighted by Crippen LogP contribution is -2.36. The van der Waals surface area contributed by atoms with Crippen LogP contribution in [0.25, 0.3) is 11.1 Å². The molecule has 1 aliphatic rings. The van der Waals surface area contributed by atoms with Crippen LogP contribution in [0.3, 0.4) is 0 Å². The molecule has 3 heterocycles. The minimum absolute atomic E-state index is 0.0509. The lowest BCUT2D eigenvalue weighted by molar-refractivity contribution is 0.0578. The summed E-state index contributed by atoms with van der Waals surface area (Å²) in [5.41, 5.74) is 8.37. The van der Waals surface area contributed by atoms with E-state index in [1.807, 2.05) is 45.2 Å². The Morgan fingerprint density at radius 3 is 2.77 bits per heavy atom. The number of hydrogen-bond donors (Lipinski definition) is 1. The molecule has 0 radical (unpaired) electrons. The van der Waals surface area contributed by atoms with E-state index < -0.39 is 11.7 Å². The number of halogens is 1. The number of carbonyl (C=O) groups is 1. The zero-order valence-electron chi connectivity index (χ0n) is 18.3. The Kier molecular flexibility index (Phi) is 6.03. The molecular formula is C23H28ClN3O3S. The van der Waals surface area contributed by atoms with Crippen molar-refractivity contribution >= 4 is 45.8 Å². The Morgan fingerprint density at radius 2 is 2.19 bits per heavy atom. The van der Waals surface area contributed by atoms with E-state index in [9.17, 15) is 4.79 Å². The molecule has 0 aromatic carbocycles. The largest absolute Gasteiger partial charge is 0.457 e. The summed E-state index contributed by atoms with van der Waals surface area (Å²) >= 11 is 8.02. The first-order valence-electron chi connectivity index (χ1n) is 10.5. The fourth-order valence-corrected chi connectivity index (χ4v) is 4.52. The number of pyridine rings is 1. The van der Waals surface area contributed by atoms with Crippen LogP contribution in [-0.2, 0) is 17.7 Å². The Morgan fingerprint density at radius 1 is 1.45 bits per heavy atom. The number of furan rings is 1. The van der Waals surface area contributed by atoms with E-state index in [1.54, 1.807) is 22.3 Å². The monoisotopic (exact) mass is 461 g/mol. The van der Waals surface area contributed by atoms with Gasteiger partial charge in [0.2, 0.25) is 0 Å². The number of ether oxygens (including phenoxy) is 1. The molecule has 0 bridgehead atoms. The average molecular weight is 462 g/mol. The molecule has 8 heteroatoms. The third kappa shape index (κ3) is 5.05. The molecule has 1 saturated carbocycles. The first kappa shape index (κ1) is 22.1. The number of thiophene rings is 1. The Labute approximate surface area is 191 Å². The zero-order valence-corrected chi connectivity index (χ0v) is 19.8. The highest BCUT2D eigenvalue weighted by Gasteiger charge is 2.35. The fourth-order valence-electron chi connectivity index (χ4n) is 3.64. The van der Waals surface area contributed by atoms with Crippen LogP contribution >= 0.6 is 22.9 Å². The van der Waals surface area contributed by atoms with Gasteiger partial charge in [-0.05, 0) is 57.9 Å². The molecule has 1 fully saturated rings. The first-order chi connectivity index (χ1) is 14.6. The molecule has 1 aliphatic carbocycles. The summed E-state index contributed by atoms with van der Waals surface area (Å²) in [4.78, 5) is 20.4. The first-order valence-corrected chi connectivity index (χ1v) is 11.8. The quantitative estimate of drug-likeness (QED) is 0.438. The van der Waals surface area contributed by atoms with Crippen molar-refractivity contribution in [3.05, 3.63) is 44.9 Å². The third-order valence-corrected chi connectivity index (χ3v) is 6.05. The summed E-state index contributed by atoms with van der Waals surface area (Å²) in [6, 6.07) is 5.57. The third-order valence-electron chi connectivity index (χ3n) is 4.99. The molecule has 3 aromatic rings. The van der Waals surface area contributed by atoms with Gasteiger partial charge in [0.15, 0.2) is 5.58 Å². The fraction of sp³-hybridized carbons (Fsp3) is 0.478. The molecular weight excluding hydrogens is 434 g/mol. The number of aromatic nitrogens is 1. The second-order valence-electron chi connectivity index (χ2n) is 9.18. The van der Waals surface area contributed by atoms with Crippen LogP contribution in [0.4, 0.5) is 10.5 Å². The van der Waals surface area contributed by atoms with Gasteiger partial charge in [0.05, 0.1) is 12.2 Å². The zero-order chi connectivity index (χ0) is 22.3. The number of hydrogen-bond acceptors (Lipinski definition) is 6. The molecule has 4 rings (SSSR count). The minimum atomic E-state index is -0.636. The predicted molar refractivity (Wildman–Crippen MR) is 125 cm³/mol. The molecule has 6 nitrogen and oxygen atoms in total. The molecule has 0 saturated heterocycles. The van der Waals surface area contributed by atoms with Gasteiger partial charge in [-0.15, -0.1) is 11.3 Å². The van der Waals surface area contributed by atoms with E-state index >= 15 is 0 Å². The van der Waals surface area contributed by atoms with Crippen molar-refractivity contribution in [2.45, 2.75) is 71.1 Å². The maximum Gasteiger partial charge on any atom is 0.415 e. The lowest BCUT2D eigenvalue weighted by atomic mass is 10.1. The van der Waals surface area contributed by atoms with Crippen molar-refractivity contribution in [3.63, 3.8) is 0 Å². The Bertz CT molecular complexity index is 1080. The number of fused-ring (bicyclic) bond motifs is 1. The highest BCUT2D eigenvalue weighted by molar-refractivity contribution is 7.09. The maximum atomic E-state index is 13.2. The highest BCUT2D eigenvalue weighted by Crippen LogP contribution is 2.48. The number of nitrogens with two attached hydrogens (primary N) is 1. The summed E-state index contributed by atoms with van der Waals surface area (Å²) in [6.45, 7) is 7.85. The van der Waals surface area contributed by atoms with Crippen LogP contribution in [0.15, 0.2) is 28.0 Å². The van der Waals surface area contributed by atoms with Gasteiger partial charge in [0.25, 0.3) is 0 Å². The van der Waals surface area contributed by atoms with Gasteiger partial charge in [0, 0.05) is 29.0 Å². The molecule has 31 heavy (non-hydrogen) atoms. The van der Waals surface area contributed by atoms with Gasteiger partial charge < -0.3 is 14.9 Å². The second kappa shape index (κ2) is 8.45. The normalized spacial score (nSPS) is 15.3. The van der Waals surface area contributed by atoms with Gasteiger partial charge in [-0.3, -0.25) is 4.90 Å². The number of rotatable bonds is 6. The topological polar surface area (TPSA) is 81.6 Å². The van der Waals surface area contributed by atoms with Crippen LogP contribution in [0, 0.1) is 0 Å². The number of amides is 1. The average Bonchev–Trinajstić information content (AvgIpc) is 3.21. The van der Waals surface area contributed by atoms with Gasteiger partial charge in [0.1, 0.15) is 22.0 Å². The summed E-state index contributed by atoms with van der Waals surface area (Å²) in [6.07, 6.45) is 2.34. The standard InChI is InChI=1S/C23H28ClN3O3S/c1-13(25)10-17-19(14-7-8-14)20-21(29-17)16(11-18(24)26-20)27(12-15-6-5-9-31-15)22(28)30-23(2,3)4/h5-6,9,11,13-14H,7-8,10,12,25H2,1-4H3/t13-/m0/s1. The smallest absolute Gasteiger partial charge is 0.415 e. The molecule has 0 aliphatic heterocycles. The molecule has 1 atom stereocenters. The van der Waals surface area contributed by atoms with Gasteiger partial charge in [-0.1, -0.05) is 17.7 Å². The van der Waals surface area contributed by atoms with E-state index in [0.29, 0.717) is 35.3 Å². The molecule has 2 N–H and O–H groups in total. The predicted octanol–water partition coefficient (Wildman–Crippen LogP) is 6.25. The van der Waals surface area contributed by atoms with Crippen molar-refractivity contribution in [2.75, 3.05) is 4.90 Å². The van der Waals surface area contributed by atoms with Gasteiger partial charge in [-0.25, -0.2) is 9.78 Å². The van der Waals surface area contributed by atoms with Crippen molar-refractivity contribution in [1.82, 2.24) is 4.98 Å². The van der Waals surface area contributed by atoms with Gasteiger partial charge in [-0.2, -0.15) is 0 Å². The Balaban J connectivity index is 1.86. The van der Waals surface area contributed by atoms with Crippen molar-refractivity contribution in [1.29, 1.82) is 0 Å². The van der Waals surface area contributed by atoms with E-state index in [1.165, 1.54) is 0 Å². The SMILES string of the molecule is C[C@H](N)Cc1oc2c(N(Cc3cccs3)C(=O)OC(C)(C)C)cc(Cl)nc2c1C1CC1. The maximum absolute atomic E-state index is 13.2. The molecule has 0 unspecified atom stereocenters.